The van der Waals surface area contributed by atoms with Gasteiger partial charge in [0.15, 0.2) is 0 Å². The van der Waals surface area contributed by atoms with Gasteiger partial charge >= 0.3 is 5.69 Å². The normalized spacial score (nSPS) is 16.1. The Morgan fingerprint density at radius 1 is 1.53 bits per heavy atom. The third-order valence-electron chi connectivity index (χ3n) is 3.62. The molecule has 1 saturated carbocycles. The molecule has 0 saturated heterocycles. The van der Waals surface area contributed by atoms with Crippen molar-refractivity contribution in [2.24, 2.45) is 5.41 Å². The minimum atomic E-state index is -0.809. The number of halogens is 1. The number of nitrogens with zero attached hydrogens (tertiary/aromatic N) is 1. The summed E-state index contributed by atoms with van der Waals surface area (Å²) in [6.45, 7) is 1.29. The molecule has 1 aromatic rings. The van der Waals surface area contributed by atoms with E-state index in [1.807, 2.05) is 0 Å². The number of anilines is 1. The molecule has 2 rings (SSSR count). The summed E-state index contributed by atoms with van der Waals surface area (Å²) in [4.78, 5) is 10.2. The molecule has 0 unspecified atom stereocenters. The Kier molecular flexibility index (Phi) is 3.99. The van der Waals surface area contributed by atoms with E-state index in [0.717, 1.165) is 25.3 Å². The van der Waals surface area contributed by atoms with E-state index in [1.165, 1.54) is 12.1 Å². The lowest BCUT2D eigenvalue weighted by atomic mass is 10.0. The van der Waals surface area contributed by atoms with Crippen LogP contribution in [0.1, 0.15) is 19.3 Å². The molecule has 19 heavy (non-hydrogen) atoms. The van der Waals surface area contributed by atoms with Crippen LogP contribution in [0.2, 0.25) is 0 Å². The molecule has 5 nitrogen and oxygen atoms in total. The average Bonchev–Trinajstić information content (AvgIpc) is 3.14. The fourth-order valence-electron chi connectivity index (χ4n) is 2.14. The molecular formula is C13H17FN2O3. The van der Waals surface area contributed by atoms with Crippen molar-refractivity contribution >= 4 is 11.4 Å². The molecule has 1 aromatic carbocycles. The number of nitro groups is 1. The first-order valence-corrected chi connectivity index (χ1v) is 6.24. The molecule has 1 aliphatic rings. The number of ether oxygens (including phenoxy) is 1. The van der Waals surface area contributed by atoms with Crippen molar-refractivity contribution in [1.82, 2.24) is 0 Å². The highest BCUT2D eigenvalue weighted by atomic mass is 19.1. The van der Waals surface area contributed by atoms with Gasteiger partial charge in [-0.05, 0) is 36.8 Å². The quantitative estimate of drug-likeness (QED) is 0.610. The molecule has 104 valence electrons. The molecule has 0 heterocycles. The van der Waals surface area contributed by atoms with Crippen molar-refractivity contribution in [2.75, 3.05) is 25.6 Å². The van der Waals surface area contributed by atoms with Crippen LogP contribution in [0.3, 0.4) is 0 Å². The number of para-hydroxylation sites is 1. The second kappa shape index (κ2) is 5.52. The minimum absolute atomic E-state index is 0.149. The summed E-state index contributed by atoms with van der Waals surface area (Å²) >= 11 is 0. The number of hydrogen-bond acceptors (Lipinski definition) is 4. The van der Waals surface area contributed by atoms with Crippen molar-refractivity contribution in [3.05, 3.63) is 34.1 Å². The fraction of sp³-hybridized carbons (Fsp3) is 0.538. The summed E-state index contributed by atoms with van der Waals surface area (Å²) in [7, 11) is 1.65. The number of rotatable bonds is 7. The molecule has 0 amide bonds. The first kappa shape index (κ1) is 13.7. The van der Waals surface area contributed by atoms with Crippen LogP contribution in [0, 0.1) is 21.3 Å². The van der Waals surface area contributed by atoms with Crippen LogP contribution in [-0.4, -0.2) is 25.2 Å². The molecule has 0 aromatic heterocycles. The maximum atomic E-state index is 13.4. The van der Waals surface area contributed by atoms with E-state index < -0.39 is 16.4 Å². The van der Waals surface area contributed by atoms with Gasteiger partial charge in [-0.2, -0.15) is 4.39 Å². The predicted octanol–water partition coefficient (Wildman–Crippen LogP) is 2.96. The molecule has 1 N–H and O–H groups in total. The molecule has 0 spiro atoms. The van der Waals surface area contributed by atoms with Crippen LogP contribution in [0.15, 0.2) is 18.2 Å². The van der Waals surface area contributed by atoms with Crippen LogP contribution in [-0.2, 0) is 4.74 Å². The predicted molar refractivity (Wildman–Crippen MR) is 69.7 cm³/mol. The lowest BCUT2D eigenvalue weighted by molar-refractivity contribution is -0.386. The topological polar surface area (TPSA) is 64.4 Å². The summed E-state index contributed by atoms with van der Waals surface area (Å²) in [6.07, 6.45) is 3.07. The van der Waals surface area contributed by atoms with Gasteiger partial charge in [0.25, 0.3) is 0 Å². The average molecular weight is 268 g/mol. The Morgan fingerprint density at radius 2 is 2.26 bits per heavy atom. The highest BCUT2D eigenvalue weighted by molar-refractivity contribution is 5.62. The Labute approximate surface area is 110 Å². The van der Waals surface area contributed by atoms with Crippen LogP contribution in [0.4, 0.5) is 15.8 Å². The van der Waals surface area contributed by atoms with E-state index in [4.69, 9.17) is 4.74 Å². The van der Waals surface area contributed by atoms with Gasteiger partial charge in [0.05, 0.1) is 4.92 Å². The molecule has 0 radical (unpaired) electrons. The fourth-order valence-corrected chi connectivity index (χ4v) is 2.14. The lowest BCUT2D eigenvalue weighted by Crippen LogP contribution is -2.18. The van der Waals surface area contributed by atoms with E-state index in [0.29, 0.717) is 13.2 Å². The number of benzene rings is 1. The van der Waals surface area contributed by atoms with Crippen molar-refractivity contribution < 1.29 is 14.1 Å². The summed E-state index contributed by atoms with van der Waals surface area (Å²) in [5.74, 6) is -0.809. The number of methoxy groups -OCH3 is 1. The molecular weight excluding hydrogens is 251 g/mol. The zero-order valence-corrected chi connectivity index (χ0v) is 10.8. The van der Waals surface area contributed by atoms with Gasteiger partial charge in [0.1, 0.15) is 5.69 Å². The van der Waals surface area contributed by atoms with Gasteiger partial charge in [0.2, 0.25) is 5.82 Å². The number of nitrogens with one attached hydrogen (secondary N) is 1. The van der Waals surface area contributed by atoms with Crippen LogP contribution in [0.25, 0.3) is 0 Å². The number of nitro benzene ring substituents is 1. The molecule has 0 aliphatic heterocycles. The first-order valence-electron chi connectivity index (χ1n) is 6.24. The van der Waals surface area contributed by atoms with Crippen molar-refractivity contribution in [2.45, 2.75) is 19.3 Å². The van der Waals surface area contributed by atoms with Gasteiger partial charge in [-0.1, -0.05) is 6.07 Å². The molecule has 1 aliphatic carbocycles. The third-order valence-corrected chi connectivity index (χ3v) is 3.62. The van der Waals surface area contributed by atoms with Gasteiger partial charge in [-0.3, -0.25) is 10.1 Å². The molecule has 0 bridgehead atoms. The van der Waals surface area contributed by atoms with E-state index in [9.17, 15) is 14.5 Å². The summed E-state index contributed by atoms with van der Waals surface area (Å²) in [6, 6.07) is 4.11. The second-order valence-electron chi connectivity index (χ2n) is 4.99. The van der Waals surface area contributed by atoms with Gasteiger partial charge in [-0.25, -0.2) is 0 Å². The SMILES string of the molecule is COCCC1(CNc2cccc(F)c2[N+](=O)[O-])CC1. The Bertz CT molecular complexity index is 475. The highest BCUT2D eigenvalue weighted by Gasteiger charge is 2.42. The Morgan fingerprint density at radius 3 is 2.84 bits per heavy atom. The number of hydrogen-bond donors (Lipinski definition) is 1. The largest absolute Gasteiger partial charge is 0.385 e. The van der Waals surface area contributed by atoms with E-state index in [1.54, 1.807) is 7.11 Å². The molecule has 0 atom stereocenters. The zero-order chi connectivity index (χ0) is 13.9. The van der Waals surface area contributed by atoms with E-state index in [2.05, 4.69) is 5.32 Å². The van der Waals surface area contributed by atoms with Crippen molar-refractivity contribution in [3.63, 3.8) is 0 Å². The monoisotopic (exact) mass is 268 g/mol. The standard InChI is InChI=1S/C13H17FN2O3/c1-19-8-7-13(5-6-13)9-15-11-4-2-3-10(14)12(11)16(17)18/h2-4,15H,5-9H2,1H3. The summed E-state index contributed by atoms with van der Waals surface area (Å²) in [5.41, 5.74) is -0.0883. The maximum absolute atomic E-state index is 13.4. The van der Waals surface area contributed by atoms with Gasteiger partial charge in [-0.15, -0.1) is 0 Å². The van der Waals surface area contributed by atoms with Gasteiger partial charge < -0.3 is 10.1 Å². The van der Waals surface area contributed by atoms with Crippen LogP contribution < -0.4 is 5.32 Å². The Balaban J connectivity index is 2.04. The van der Waals surface area contributed by atoms with Crippen molar-refractivity contribution in [1.29, 1.82) is 0 Å². The third kappa shape index (κ3) is 3.20. The highest BCUT2D eigenvalue weighted by Crippen LogP contribution is 2.49. The molecule has 6 heteroatoms. The van der Waals surface area contributed by atoms with Gasteiger partial charge in [0, 0.05) is 20.3 Å². The summed E-state index contributed by atoms with van der Waals surface area (Å²) in [5, 5.41) is 13.9. The smallest absolute Gasteiger partial charge is 0.327 e. The van der Waals surface area contributed by atoms with Crippen LogP contribution in [0.5, 0.6) is 0 Å². The van der Waals surface area contributed by atoms with Crippen molar-refractivity contribution in [3.8, 4) is 0 Å². The first-order chi connectivity index (χ1) is 9.08. The zero-order valence-electron chi connectivity index (χ0n) is 10.8. The van der Waals surface area contributed by atoms with E-state index in [-0.39, 0.29) is 11.1 Å². The molecule has 1 fully saturated rings. The second-order valence-corrected chi connectivity index (χ2v) is 4.99. The summed E-state index contributed by atoms with van der Waals surface area (Å²) < 4.78 is 18.5. The maximum Gasteiger partial charge on any atom is 0.327 e. The minimum Gasteiger partial charge on any atom is -0.385 e. The van der Waals surface area contributed by atoms with E-state index >= 15 is 0 Å². The Hall–Kier alpha value is -1.69. The van der Waals surface area contributed by atoms with Crippen LogP contribution >= 0.6 is 0 Å². The lowest BCUT2D eigenvalue weighted by Gasteiger charge is -2.16.